The maximum atomic E-state index is 12.8. The minimum absolute atomic E-state index is 0.158. The Bertz CT molecular complexity index is 853. The summed E-state index contributed by atoms with van der Waals surface area (Å²) in [5.41, 5.74) is 0. The van der Waals surface area contributed by atoms with Gasteiger partial charge in [0.05, 0.1) is 7.11 Å². The van der Waals surface area contributed by atoms with Crippen molar-refractivity contribution in [3.63, 3.8) is 0 Å². The van der Waals surface area contributed by atoms with Gasteiger partial charge in [-0.25, -0.2) is 9.97 Å². The molecule has 1 aliphatic heterocycles. The molecule has 1 aliphatic carbocycles. The van der Waals surface area contributed by atoms with Gasteiger partial charge in [0.1, 0.15) is 12.1 Å². The molecule has 154 valence electrons. The van der Waals surface area contributed by atoms with Crippen LogP contribution in [-0.4, -0.2) is 53.6 Å². The van der Waals surface area contributed by atoms with Crippen molar-refractivity contribution in [2.45, 2.75) is 38.6 Å². The molecule has 4 rings (SSSR count). The predicted molar refractivity (Wildman–Crippen MR) is 110 cm³/mol. The maximum absolute atomic E-state index is 12.8. The smallest absolute Gasteiger partial charge is 0.226 e. The Hall–Kier alpha value is -2.83. The highest BCUT2D eigenvalue weighted by molar-refractivity contribution is 5.79. The molecule has 0 spiro atoms. The lowest BCUT2D eigenvalue weighted by atomic mass is 10.0. The van der Waals surface area contributed by atoms with Crippen molar-refractivity contribution in [1.29, 1.82) is 0 Å². The zero-order valence-electron chi connectivity index (χ0n) is 17.1. The molecule has 1 amide bonds. The van der Waals surface area contributed by atoms with E-state index < -0.39 is 0 Å². The van der Waals surface area contributed by atoms with Crippen LogP contribution in [0.2, 0.25) is 0 Å². The van der Waals surface area contributed by atoms with Gasteiger partial charge in [0.15, 0.2) is 11.5 Å². The first-order chi connectivity index (χ1) is 14.2. The van der Waals surface area contributed by atoms with Crippen LogP contribution in [0, 0.1) is 5.92 Å². The molecule has 1 atom stereocenters. The first-order valence-electron chi connectivity index (χ1n) is 10.3. The van der Waals surface area contributed by atoms with Crippen molar-refractivity contribution < 1.29 is 14.3 Å². The van der Waals surface area contributed by atoms with E-state index in [2.05, 4.69) is 26.7 Å². The van der Waals surface area contributed by atoms with E-state index in [0.29, 0.717) is 23.3 Å². The van der Waals surface area contributed by atoms with Crippen LogP contribution in [0.1, 0.15) is 32.6 Å². The van der Waals surface area contributed by atoms with Gasteiger partial charge >= 0.3 is 0 Å². The summed E-state index contributed by atoms with van der Waals surface area (Å²) < 4.78 is 11.3. The molecule has 1 aromatic carbocycles. The van der Waals surface area contributed by atoms with Crippen molar-refractivity contribution in [1.82, 2.24) is 14.9 Å². The Morgan fingerprint density at radius 1 is 1.10 bits per heavy atom. The van der Waals surface area contributed by atoms with E-state index in [4.69, 9.17) is 9.47 Å². The first kappa shape index (κ1) is 19.5. The highest BCUT2D eigenvalue weighted by atomic mass is 16.5. The third-order valence-corrected chi connectivity index (χ3v) is 5.85. The number of ether oxygens (including phenoxy) is 2. The summed E-state index contributed by atoms with van der Waals surface area (Å²) in [5, 5.41) is 0. The van der Waals surface area contributed by atoms with Crippen LogP contribution in [0.15, 0.2) is 36.7 Å². The molecule has 0 unspecified atom stereocenters. The third kappa shape index (κ3) is 4.28. The van der Waals surface area contributed by atoms with Gasteiger partial charge in [0, 0.05) is 37.7 Å². The van der Waals surface area contributed by atoms with Crippen LogP contribution >= 0.6 is 0 Å². The molecule has 2 aliphatic rings. The Morgan fingerprint density at radius 3 is 2.59 bits per heavy atom. The third-order valence-electron chi connectivity index (χ3n) is 5.85. The molecule has 7 nitrogen and oxygen atoms in total. The molecule has 0 bridgehead atoms. The van der Waals surface area contributed by atoms with E-state index in [1.165, 1.54) is 19.2 Å². The number of amides is 1. The van der Waals surface area contributed by atoms with Crippen LogP contribution < -0.4 is 14.4 Å². The van der Waals surface area contributed by atoms with Crippen LogP contribution in [0.4, 0.5) is 5.82 Å². The van der Waals surface area contributed by atoms with Crippen LogP contribution in [0.25, 0.3) is 0 Å². The molecule has 2 fully saturated rings. The Balaban J connectivity index is 1.43. The maximum Gasteiger partial charge on any atom is 0.226 e. The molecule has 0 N–H and O–H groups in total. The van der Waals surface area contributed by atoms with Gasteiger partial charge in [0.2, 0.25) is 11.8 Å². The number of piperazine rings is 1. The number of methoxy groups -OCH3 is 1. The summed E-state index contributed by atoms with van der Waals surface area (Å²) in [6.45, 7) is 4.35. The number of carbonyl (C=O) groups excluding carboxylic acids is 1. The fourth-order valence-corrected chi connectivity index (χ4v) is 4.27. The minimum Gasteiger partial charge on any atom is -0.493 e. The van der Waals surface area contributed by atoms with Crippen LogP contribution in [0.5, 0.6) is 17.4 Å². The second kappa shape index (κ2) is 8.68. The van der Waals surface area contributed by atoms with Gasteiger partial charge in [-0.2, -0.15) is 0 Å². The zero-order chi connectivity index (χ0) is 20.2. The number of aromatic nitrogens is 2. The van der Waals surface area contributed by atoms with E-state index in [-0.39, 0.29) is 12.0 Å². The van der Waals surface area contributed by atoms with Crippen molar-refractivity contribution >= 4 is 11.7 Å². The summed E-state index contributed by atoms with van der Waals surface area (Å²) in [4.78, 5) is 25.7. The molecule has 29 heavy (non-hydrogen) atoms. The van der Waals surface area contributed by atoms with Crippen molar-refractivity contribution in [3.05, 3.63) is 36.7 Å². The normalized spacial score (nSPS) is 20.0. The summed E-state index contributed by atoms with van der Waals surface area (Å²) in [5.74, 6) is 3.10. The Kier molecular flexibility index (Phi) is 5.83. The van der Waals surface area contributed by atoms with E-state index in [9.17, 15) is 4.79 Å². The fourth-order valence-electron chi connectivity index (χ4n) is 4.27. The number of hydrogen-bond donors (Lipinski definition) is 0. The molecule has 1 saturated carbocycles. The highest BCUT2D eigenvalue weighted by Crippen LogP contribution is 2.32. The quantitative estimate of drug-likeness (QED) is 0.771. The number of rotatable bonds is 5. The van der Waals surface area contributed by atoms with Crippen molar-refractivity contribution in [2.75, 3.05) is 31.6 Å². The van der Waals surface area contributed by atoms with E-state index in [1.807, 2.05) is 30.3 Å². The largest absolute Gasteiger partial charge is 0.493 e. The van der Waals surface area contributed by atoms with Gasteiger partial charge in [0.25, 0.3) is 0 Å². The van der Waals surface area contributed by atoms with E-state index in [1.54, 1.807) is 7.11 Å². The average Bonchev–Trinajstić information content (AvgIpc) is 3.29. The molecule has 7 heteroatoms. The van der Waals surface area contributed by atoms with E-state index in [0.717, 1.165) is 38.3 Å². The summed E-state index contributed by atoms with van der Waals surface area (Å²) in [6.07, 6.45) is 5.96. The van der Waals surface area contributed by atoms with Gasteiger partial charge in [-0.3, -0.25) is 4.79 Å². The second-order valence-corrected chi connectivity index (χ2v) is 7.78. The number of hydrogen-bond acceptors (Lipinski definition) is 6. The SMILES string of the molecule is COc1ccccc1Oc1cc(N2CCN(C(=O)C3CCCC3)[C@@H](C)C2)ncn1. The monoisotopic (exact) mass is 396 g/mol. The predicted octanol–water partition coefficient (Wildman–Crippen LogP) is 3.50. The van der Waals surface area contributed by atoms with Crippen LogP contribution in [-0.2, 0) is 4.79 Å². The summed E-state index contributed by atoms with van der Waals surface area (Å²) >= 11 is 0. The standard InChI is InChI=1S/C22H28N4O3/c1-16-14-25(11-12-26(16)22(27)17-7-3-4-8-17)20-13-21(24-15-23-20)29-19-10-6-5-9-18(19)28-2/h5-6,9-10,13,15-17H,3-4,7-8,11-12,14H2,1-2H3/t16-/m0/s1. The number of anilines is 1. The van der Waals surface area contributed by atoms with Gasteiger partial charge in [-0.15, -0.1) is 0 Å². The number of benzene rings is 1. The summed E-state index contributed by atoms with van der Waals surface area (Å²) in [6, 6.07) is 9.47. The number of nitrogens with zero attached hydrogens (tertiary/aromatic N) is 4. The lowest BCUT2D eigenvalue weighted by Gasteiger charge is -2.41. The molecule has 0 radical (unpaired) electrons. The van der Waals surface area contributed by atoms with Crippen molar-refractivity contribution in [3.8, 4) is 17.4 Å². The van der Waals surface area contributed by atoms with Crippen molar-refractivity contribution in [2.24, 2.45) is 5.92 Å². The van der Waals surface area contributed by atoms with Crippen LogP contribution in [0.3, 0.4) is 0 Å². The lowest BCUT2D eigenvalue weighted by Crippen LogP contribution is -2.55. The minimum atomic E-state index is 0.158. The van der Waals surface area contributed by atoms with Gasteiger partial charge < -0.3 is 19.3 Å². The topological polar surface area (TPSA) is 67.8 Å². The average molecular weight is 396 g/mol. The summed E-state index contributed by atoms with van der Waals surface area (Å²) in [7, 11) is 1.61. The first-order valence-corrected chi connectivity index (χ1v) is 10.3. The Morgan fingerprint density at radius 2 is 1.86 bits per heavy atom. The zero-order valence-corrected chi connectivity index (χ0v) is 17.1. The molecule has 1 aromatic heterocycles. The van der Waals surface area contributed by atoms with Gasteiger partial charge in [-0.05, 0) is 31.9 Å². The van der Waals surface area contributed by atoms with E-state index >= 15 is 0 Å². The fraction of sp³-hybridized carbons (Fsp3) is 0.500. The molecule has 2 aromatic rings. The number of carbonyl (C=O) groups is 1. The Labute approximate surface area is 171 Å². The highest BCUT2D eigenvalue weighted by Gasteiger charge is 2.33. The lowest BCUT2D eigenvalue weighted by molar-refractivity contribution is -0.137. The molecular weight excluding hydrogens is 368 g/mol. The number of para-hydroxylation sites is 2. The molecule has 1 saturated heterocycles. The molecule has 2 heterocycles. The molecular formula is C22H28N4O3. The van der Waals surface area contributed by atoms with Gasteiger partial charge in [-0.1, -0.05) is 25.0 Å². The second-order valence-electron chi connectivity index (χ2n) is 7.78.